The first kappa shape index (κ1) is 19.0. The summed E-state index contributed by atoms with van der Waals surface area (Å²) < 4.78 is 4.99. The summed E-state index contributed by atoms with van der Waals surface area (Å²) in [5, 5.41) is 9.28. The van der Waals surface area contributed by atoms with Crippen LogP contribution in [0, 0.1) is 0 Å². The van der Waals surface area contributed by atoms with Crippen LogP contribution < -0.4 is 16.0 Å². The molecule has 0 aliphatic carbocycles. The minimum atomic E-state index is -0.0185. The average Bonchev–Trinajstić information content (AvgIpc) is 2.58. The Morgan fingerprint density at radius 1 is 1.13 bits per heavy atom. The number of ether oxygens (including phenoxy) is 1. The molecule has 0 bridgehead atoms. The van der Waals surface area contributed by atoms with E-state index in [0.29, 0.717) is 25.3 Å². The molecule has 1 rings (SSSR count). The van der Waals surface area contributed by atoms with Gasteiger partial charge in [-0.1, -0.05) is 25.5 Å². The van der Waals surface area contributed by atoms with E-state index in [4.69, 9.17) is 4.74 Å². The SMILES string of the molecule is CCCCNC(=O)c1ccc(CNC(=NC)NCCOC)cc1. The highest BCUT2D eigenvalue weighted by Crippen LogP contribution is 2.04. The molecule has 0 aliphatic rings. The minimum absolute atomic E-state index is 0.0185. The maximum atomic E-state index is 11.9. The first-order valence-corrected chi connectivity index (χ1v) is 8.01. The first-order valence-electron chi connectivity index (χ1n) is 8.01. The second-order valence-corrected chi connectivity index (χ2v) is 5.15. The Hall–Kier alpha value is -2.08. The zero-order chi connectivity index (χ0) is 16.9. The topological polar surface area (TPSA) is 74.8 Å². The molecule has 23 heavy (non-hydrogen) atoms. The van der Waals surface area contributed by atoms with Crippen LogP contribution in [0.1, 0.15) is 35.7 Å². The predicted molar refractivity (Wildman–Crippen MR) is 93.8 cm³/mol. The Kier molecular flexibility index (Phi) is 9.47. The maximum absolute atomic E-state index is 11.9. The third-order valence-corrected chi connectivity index (χ3v) is 3.31. The van der Waals surface area contributed by atoms with Gasteiger partial charge in [-0.25, -0.2) is 0 Å². The second kappa shape index (κ2) is 11.5. The van der Waals surface area contributed by atoms with Crippen LogP contribution in [-0.4, -0.2) is 45.7 Å². The van der Waals surface area contributed by atoms with E-state index in [0.717, 1.165) is 30.9 Å². The van der Waals surface area contributed by atoms with E-state index in [9.17, 15) is 4.79 Å². The number of rotatable bonds is 9. The molecule has 0 unspecified atom stereocenters. The summed E-state index contributed by atoms with van der Waals surface area (Å²) in [7, 11) is 3.39. The predicted octanol–water partition coefficient (Wildman–Crippen LogP) is 1.53. The highest BCUT2D eigenvalue weighted by atomic mass is 16.5. The Bertz CT molecular complexity index is 486. The van der Waals surface area contributed by atoms with Gasteiger partial charge in [0.1, 0.15) is 0 Å². The van der Waals surface area contributed by atoms with Gasteiger partial charge >= 0.3 is 0 Å². The molecule has 128 valence electrons. The smallest absolute Gasteiger partial charge is 0.251 e. The van der Waals surface area contributed by atoms with Crippen molar-refractivity contribution in [2.75, 3.05) is 33.9 Å². The highest BCUT2D eigenvalue weighted by Gasteiger charge is 2.04. The van der Waals surface area contributed by atoms with Crippen LogP contribution >= 0.6 is 0 Å². The summed E-state index contributed by atoms with van der Waals surface area (Å²) in [6, 6.07) is 7.59. The van der Waals surface area contributed by atoms with Crippen molar-refractivity contribution in [3.05, 3.63) is 35.4 Å². The van der Waals surface area contributed by atoms with Crippen LogP contribution in [0.15, 0.2) is 29.3 Å². The fourth-order valence-electron chi connectivity index (χ4n) is 1.93. The molecule has 0 radical (unpaired) electrons. The number of nitrogens with zero attached hydrogens (tertiary/aromatic N) is 1. The number of hydrogen-bond acceptors (Lipinski definition) is 3. The number of hydrogen-bond donors (Lipinski definition) is 3. The van der Waals surface area contributed by atoms with Crippen molar-refractivity contribution in [2.45, 2.75) is 26.3 Å². The van der Waals surface area contributed by atoms with Crippen LogP contribution in [-0.2, 0) is 11.3 Å². The number of benzene rings is 1. The number of carbonyl (C=O) groups is 1. The van der Waals surface area contributed by atoms with Crippen LogP contribution in [0.4, 0.5) is 0 Å². The fourth-order valence-corrected chi connectivity index (χ4v) is 1.93. The lowest BCUT2D eigenvalue weighted by Crippen LogP contribution is -2.38. The molecule has 0 atom stereocenters. The second-order valence-electron chi connectivity index (χ2n) is 5.15. The van der Waals surface area contributed by atoms with E-state index in [-0.39, 0.29) is 5.91 Å². The van der Waals surface area contributed by atoms with Gasteiger partial charge in [-0.2, -0.15) is 0 Å². The van der Waals surface area contributed by atoms with E-state index < -0.39 is 0 Å². The van der Waals surface area contributed by atoms with Gasteiger partial charge in [0.25, 0.3) is 5.91 Å². The van der Waals surface area contributed by atoms with E-state index in [1.807, 2.05) is 24.3 Å². The third kappa shape index (κ3) is 7.65. The van der Waals surface area contributed by atoms with Crippen LogP contribution in [0.5, 0.6) is 0 Å². The zero-order valence-electron chi connectivity index (χ0n) is 14.3. The summed E-state index contributed by atoms with van der Waals surface area (Å²) in [6.45, 7) is 4.80. The van der Waals surface area contributed by atoms with Gasteiger partial charge in [0.15, 0.2) is 5.96 Å². The Balaban J connectivity index is 2.42. The van der Waals surface area contributed by atoms with Crippen molar-refractivity contribution in [3.8, 4) is 0 Å². The molecule has 0 fully saturated rings. The molecule has 0 aromatic heterocycles. The highest BCUT2D eigenvalue weighted by molar-refractivity contribution is 5.94. The summed E-state index contributed by atoms with van der Waals surface area (Å²) in [5.41, 5.74) is 1.78. The summed E-state index contributed by atoms with van der Waals surface area (Å²) in [5.74, 6) is 0.707. The molecular formula is C17H28N4O2. The number of nitrogens with one attached hydrogen (secondary N) is 3. The van der Waals surface area contributed by atoms with Gasteiger partial charge in [-0.15, -0.1) is 0 Å². The Labute approximate surface area is 138 Å². The van der Waals surface area contributed by atoms with Gasteiger partial charge < -0.3 is 20.7 Å². The van der Waals surface area contributed by atoms with Crippen molar-refractivity contribution < 1.29 is 9.53 Å². The Morgan fingerprint density at radius 3 is 2.48 bits per heavy atom. The van der Waals surface area contributed by atoms with E-state index in [1.165, 1.54) is 0 Å². The lowest BCUT2D eigenvalue weighted by Gasteiger charge is -2.12. The molecule has 0 saturated heterocycles. The molecular weight excluding hydrogens is 292 g/mol. The summed E-state index contributed by atoms with van der Waals surface area (Å²) in [6.07, 6.45) is 2.08. The number of amides is 1. The van der Waals surface area contributed by atoms with E-state index >= 15 is 0 Å². The van der Waals surface area contributed by atoms with Crippen LogP contribution in [0.3, 0.4) is 0 Å². The monoisotopic (exact) mass is 320 g/mol. The van der Waals surface area contributed by atoms with Crippen LogP contribution in [0.2, 0.25) is 0 Å². The molecule has 0 spiro atoms. The minimum Gasteiger partial charge on any atom is -0.383 e. The van der Waals surface area contributed by atoms with Gasteiger partial charge in [-0.05, 0) is 24.1 Å². The normalized spacial score (nSPS) is 11.2. The summed E-state index contributed by atoms with van der Waals surface area (Å²) in [4.78, 5) is 16.1. The third-order valence-electron chi connectivity index (χ3n) is 3.31. The molecule has 1 aromatic carbocycles. The van der Waals surface area contributed by atoms with Crippen LogP contribution in [0.25, 0.3) is 0 Å². The Morgan fingerprint density at radius 2 is 1.87 bits per heavy atom. The average molecular weight is 320 g/mol. The number of unbranched alkanes of at least 4 members (excludes halogenated alkanes) is 1. The maximum Gasteiger partial charge on any atom is 0.251 e. The lowest BCUT2D eigenvalue weighted by atomic mass is 10.1. The quantitative estimate of drug-likeness (QED) is 0.366. The molecule has 0 heterocycles. The van der Waals surface area contributed by atoms with Gasteiger partial charge in [0.05, 0.1) is 6.61 Å². The lowest BCUT2D eigenvalue weighted by molar-refractivity contribution is 0.0953. The molecule has 1 aromatic rings. The van der Waals surface area contributed by atoms with Crippen molar-refractivity contribution in [3.63, 3.8) is 0 Å². The zero-order valence-corrected chi connectivity index (χ0v) is 14.3. The number of guanidine groups is 1. The van der Waals surface area contributed by atoms with Crippen molar-refractivity contribution in [2.24, 2.45) is 4.99 Å². The van der Waals surface area contributed by atoms with Crippen molar-refractivity contribution in [1.82, 2.24) is 16.0 Å². The number of methoxy groups -OCH3 is 1. The fraction of sp³-hybridized carbons (Fsp3) is 0.529. The standard InChI is InChI=1S/C17H28N4O2/c1-4-5-10-19-16(22)15-8-6-14(7-9-15)13-21-17(18-2)20-11-12-23-3/h6-9H,4-5,10-13H2,1-3H3,(H,19,22)(H2,18,20,21). The van der Waals surface area contributed by atoms with Crippen molar-refractivity contribution >= 4 is 11.9 Å². The van der Waals surface area contributed by atoms with Gasteiger partial charge in [0.2, 0.25) is 0 Å². The van der Waals surface area contributed by atoms with Gasteiger partial charge in [0, 0.05) is 39.4 Å². The van der Waals surface area contributed by atoms with E-state index in [2.05, 4.69) is 27.9 Å². The largest absolute Gasteiger partial charge is 0.383 e. The molecule has 6 heteroatoms. The van der Waals surface area contributed by atoms with Crippen molar-refractivity contribution in [1.29, 1.82) is 0 Å². The molecule has 0 saturated carbocycles. The molecule has 0 aliphatic heterocycles. The van der Waals surface area contributed by atoms with Gasteiger partial charge in [-0.3, -0.25) is 9.79 Å². The molecule has 3 N–H and O–H groups in total. The van der Waals surface area contributed by atoms with E-state index in [1.54, 1.807) is 14.2 Å². The summed E-state index contributed by atoms with van der Waals surface area (Å²) >= 11 is 0. The number of carbonyl (C=O) groups excluding carboxylic acids is 1. The molecule has 1 amide bonds. The first-order chi connectivity index (χ1) is 11.2. The molecule has 6 nitrogen and oxygen atoms in total. The number of aliphatic imine (C=N–C) groups is 1.